The normalized spacial score (nSPS) is 11.4. The van der Waals surface area contributed by atoms with Crippen LogP contribution in [0.5, 0.6) is 11.5 Å². The van der Waals surface area contributed by atoms with E-state index in [9.17, 15) is 4.39 Å². The van der Waals surface area contributed by atoms with Crippen molar-refractivity contribution in [1.29, 1.82) is 0 Å². The number of benzene rings is 2. The molecule has 2 heterocycles. The first-order chi connectivity index (χ1) is 13.6. The Morgan fingerprint density at radius 2 is 1.96 bits per heavy atom. The number of anilines is 1. The van der Waals surface area contributed by atoms with Crippen molar-refractivity contribution >= 4 is 34.0 Å². The first-order valence-corrected chi connectivity index (χ1v) is 8.52. The van der Waals surface area contributed by atoms with Gasteiger partial charge in [0.25, 0.3) is 0 Å². The van der Waals surface area contributed by atoms with Gasteiger partial charge in [0.2, 0.25) is 0 Å². The molecule has 8 heteroatoms. The van der Waals surface area contributed by atoms with E-state index in [4.69, 9.17) is 9.47 Å². The number of aryl methyl sites for hydroxylation is 1. The fourth-order valence-corrected chi connectivity index (χ4v) is 3.19. The largest absolute Gasteiger partial charge is 0.497 e. The minimum absolute atomic E-state index is 0.309. The van der Waals surface area contributed by atoms with Gasteiger partial charge in [-0.05, 0) is 36.4 Å². The predicted octanol–water partition coefficient (Wildman–Crippen LogP) is 3.72. The second-order valence-corrected chi connectivity index (χ2v) is 6.12. The van der Waals surface area contributed by atoms with Crippen LogP contribution in [0.1, 0.15) is 5.56 Å². The molecule has 0 bridgehead atoms. The maximum atomic E-state index is 13.7. The van der Waals surface area contributed by atoms with E-state index in [0.717, 1.165) is 22.0 Å². The zero-order valence-electron chi connectivity index (χ0n) is 15.6. The van der Waals surface area contributed by atoms with Gasteiger partial charge in [-0.3, -0.25) is 5.43 Å². The van der Waals surface area contributed by atoms with E-state index in [2.05, 4.69) is 20.5 Å². The molecule has 0 saturated heterocycles. The molecule has 4 aromatic rings. The Morgan fingerprint density at radius 3 is 2.75 bits per heavy atom. The number of nitrogens with one attached hydrogen (secondary N) is 1. The number of rotatable bonds is 5. The molecule has 0 spiro atoms. The Labute approximate surface area is 160 Å². The number of fused-ring (bicyclic) bond motifs is 3. The third-order valence-corrected chi connectivity index (χ3v) is 4.54. The van der Waals surface area contributed by atoms with Crippen LogP contribution < -0.4 is 14.9 Å². The maximum absolute atomic E-state index is 13.7. The molecule has 7 nitrogen and oxygen atoms in total. The highest BCUT2D eigenvalue weighted by molar-refractivity contribution is 6.08. The quantitative estimate of drug-likeness (QED) is 0.423. The summed E-state index contributed by atoms with van der Waals surface area (Å²) in [6.45, 7) is 0. The number of nitrogens with zero attached hydrogens (tertiary/aromatic N) is 4. The fourth-order valence-electron chi connectivity index (χ4n) is 3.19. The van der Waals surface area contributed by atoms with Crippen molar-refractivity contribution < 1.29 is 13.9 Å². The van der Waals surface area contributed by atoms with Crippen molar-refractivity contribution in [3.63, 3.8) is 0 Å². The molecule has 0 atom stereocenters. The second-order valence-electron chi connectivity index (χ2n) is 6.12. The van der Waals surface area contributed by atoms with Gasteiger partial charge in [0.1, 0.15) is 34.7 Å². The molecule has 0 aliphatic carbocycles. The molecule has 2 aromatic carbocycles. The summed E-state index contributed by atoms with van der Waals surface area (Å²) in [5, 5.41) is 5.01. The highest BCUT2D eigenvalue weighted by Gasteiger charge is 2.14. The number of hydrogen-bond donors (Lipinski definition) is 1. The number of aromatic nitrogens is 3. The molecule has 0 aliphatic rings. The first-order valence-electron chi connectivity index (χ1n) is 8.52. The molecule has 0 amide bonds. The number of hydrogen-bond acceptors (Lipinski definition) is 6. The molecular weight excluding hydrogens is 361 g/mol. The SMILES string of the molecule is COc1ccc(OC)c(C=NNc2ncnc3c4cc(F)ccc4n(C)c23)c1. The Hall–Kier alpha value is -3.68. The van der Waals surface area contributed by atoms with Gasteiger partial charge in [0.05, 0.1) is 26.0 Å². The lowest BCUT2D eigenvalue weighted by molar-refractivity contribution is 0.402. The van der Waals surface area contributed by atoms with Gasteiger partial charge in [-0.25, -0.2) is 14.4 Å². The van der Waals surface area contributed by atoms with E-state index in [0.29, 0.717) is 22.8 Å². The predicted molar refractivity (Wildman–Crippen MR) is 107 cm³/mol. The Kier molecular flexibility index (Phi) is 4.52. The molecule has 4 rings (SSSR count). The number of halogens is 1. The third kappa shape index (κ3) is 2.98. The van der Waals surface area contributed by atoms with Gasteiger partial charge in [-0.15, -0.1) is 0 Å². The molecule has 1 N–H and O–H groups in total. The van der Waals surface area contributed by atoms with Crippen LogP contribution in [0.4, 0.5) is 10.2 Å². The van der Waals surface area contributed by atoms with Gasteiger partial charge in [-0.1, -0.05) is 0 Å². The van der Waals surface area contributed by atoms with Gasteiger partial charge in [0, 0.05) is 18.0 Å². The molecule has 2 aromatic heterocycles. The molecule has 0 unspecified atom stereocenters. The zero-order chi connectivity index (χ0) is 19.7. The molecular formula is C20H18FN5O2. The van der Waals surface area contributed by atoms with E-state index < -0.39 is 0 Å². The van der Waals surface area contributed by atoms with Crippen molar-refractivity contribution in [3.8, 4) is 11.5 Å². The van der Waals surface area contributed by atoms with Crippen LogP contribution in [0, 0.1) is 5.82 Å². The number of hydrazone groups is 1. The first kappa shape index (κ1) is 17.7. The minimum Gasteiger partial charge on any atom is -0.497 e. The van der Waals surface area contributed by atoms with Gasteiger partial charge >= 0.3 is 0 Å². The van der Waals surface area contributed by atoms with Crippen molar-refractivity contribution in [3.05, 3.63) is 54.1 Å². The van der Waals surface area contributed by atoms with Crippen LogP contribution in [-0.4, -0.2) is 35.0 Å². The van der Waals surface area contributed by atoms with Gasteiger partial charge in [0.15, 0.2) is 5.82 Å². The molecule has 142 valence electrons. The van der Waals surface area contributed by atoms with Gasteiger partial charge in [-0.2, -0.15) is 5.10 Å². The summed E-state index contributed by atoms with van der Waals surface area (Å²) >= 11 is 0. The van der Waals surface area contributed by atoms with Crippen LogP contribution in [-0.2, 0) is 7.05 Å². The van der Waals surface area contributed by atoms with Crippen LogP contribution in [0.25, 0.3) is 21.9 Å². The summed E-state index contributed by atoms with van der Waals surface area (Å²) in [5.74, 6) is 1.57. The van der Waals surface area contributed by atoms with Gasteiger partial charge < -0.3 is 14.0 Å². The lowest BCUT2D eigenvalue weighted by Gasteiger charge is -2.07. The highest BCUT2D eigenvalue weighted by atomic mass is 19.1. The number of methoxy groups -OCH3 is 2. The summed E-state index contributed by atoms with van der Waals surface area (Å²) in [4.78, 5) is 8.61. The van der Waals surface area contributed by atoms with Crippen molar-refractivity contribution in [2.24, 2.45) is 12.1 Å². The third-order valence-electron chi connectivity index (χ3n) is 4.54. The Morgan fingerprint density at radius 1 is 1.11 bits per heavy atom. The number of ether oxygens (including phenoxy) is 2. The average molecular weight is 379 g/mol. The van der Waals surface area contributed by atoms with E-state index in [1.165, 1.54) is 18.5 Å². The maximum Gasteiger partial charge on any atom is 0.174 e. The van der Waals surface area contributed by atoms with Crippen LogP contribution in [0.15, 0.2) is 47.8 Å². The molecule has 0 aliphatic heterocycles. The lowest BCUT2D eigenvalue weighted by atomic mass is 10.2. The minimum atomic E-state index is -0.309. The molecule has 28 heavy (non-hydrogen) atoms. The van der Waals surface area contributed by atoms with E-state index in [1.54, 1.807) is 26.5 Å². The van der Waals surface area contributed by atoms with Crippen molar-refractivity contribution in [2.75, 3.05) is 19.6 Å². The smallest absolute Gasteiger partial charge is 0.174 e. The van der Waals surface area contributed by atoms with E-state index in [1.807, 2.05) is 29.8 Å². The monoisotopic (exact) mass is 379 g/mol. The molecule has 0 saturated carbocycles. The average Bonchev–Trinajstić information content (AvgIpc) is 3.00. The van der Waals surface area contributed by atoms with Crippen LogP contribution in [0.2, 0.25) is 0 Å². The van der Waals surface area contributed by atoms with E-state index >= 15 is 0 Å². The Bertz CT molecular complexity index is 1200. The summed E-state index contributed by atoms with van der Waals surface area (Å²) in [5.41, 5.74) is 5.95. The molecule has 0 radical (unpaired) electrons. The van der Waals surface area contributed by atoms with Crippen LogP contribution in [0.3, 0.4) is 0 Å². The fraction of sp³-hybridized carbons (Fsp3) is 0.150. The standard InChI is InChI=1S/C20H18FN5O2/c1-26-16-6-4-13(21)9-15(16)18-19(26)20(23-11-22-18)25-24-10-12-8-14(27-2)5-7-17(12)28-3/h4-11H,1-3H3,(H,22,23,25). The van der Waals surface area contributed by atoms with Crippen LogP contribution >= 0.6 is 0 Å². The van der Waals surface area contributed by atoms with E-state index in [-0.39, 0.29) is 5.82 Å². The van der Waals surface area contributed by atoms with Crippen molar-refractivity contribution in [2.45, 2.75) is 0 Å². The molecule has 0 fully saturated rings. The highest BCUT2D eigenvalue weighted by Crippen LogP contribution is 2.30. The summed E-state index contributed by atoms with van der Waals surface area (Å²) in [6.07, 6.45) is 3.05. The topological polar surface area (TPSA) is 73.6 Å². The summed E-state index contributed by atoms with van der Waals surface area (Å²) in [7, 11) is 5.07. The summed E-state index contributed by atoms with van der Waals surface area (Å²) in [6, 6.07) is 10.1. The summed E-state index contributed by atoms with van der Waals surface area (Å²) < 4.78 is 26.2. The second kappa shape index (κ2) is 7.15. The Balaban J connectivity index is 1.73. The lowest BCUT2D eigenvalue weighted by Crippen LogP contribution is -1.99. The zero-order valence-corrected chi connectivity index (χ0v) is 15.6. The van der Waals surface area contributed by atoms with Crippen molar-refractivity contribution in [1.82, 2.24) is 14.5 Å².